The Kier molecular flexibility index (Phi) is 7.84. The van der Waals surface area contributed by atoms with Gasteiger partial charge in [0.25, 0.3) is 5.91 Å². The van der Waals surface area contributed by atoms with E-state index in [1.54, 1.807) is 22.8 Å². The van der Waals surface area contributed by atoms with Crippen molar-refractivity contribution in [2.45, 2.75) is 18.1 Å². The molecular weight excluding hydrogens is 472 g/mol. The molecule has 0 saturated carbocycles. The van der Waals surface area contributed by atoms with Gasteiger partial charge < -0.3 is 4.57 Å². The largest absolute Gasteiger partial charge is 0.302 e. The fourth-order valence-corrected chi connectivity index (χ4v) is 4.06. The lowest BCUT2D eigenvalue weighted by Gasteiger charge is -2.11. The highest BCUT2D eigenvalue weighted by molar-refractivity contribution is 7.99. The highest BCUT2D eigenvalue weighted by atomic mass is 32.2. The molecule has 0 aliphatic heterocycles. The van der Waals surface area contributed by atoms with Crippen LogP contribution in [-0.2, 0) is 17.8 Å². The molecule has 35 heavy (non-hydrogen) atoms. The van der Waals surface area contributed by atoms with Crippen LogP contribution in [0.2, 0.25) is 0 Å². The van der Waals surface area contributed by atoms with Gasteiger partial charge >= 0.3 is 0 Å². The minimum absolute atomic E-state index is 0.0650. The molecule has 4 rings (SSSR count). The SMILES string of the molecule is O=C(CSc1nnc(-c2ccccc2F)n1CCc1ccccc1)NNC(=O)c1ccc(F)cc1. The summed E-state index contributed by atoms with van der Waals surface area (Å²) < 4.78 is 29.2. The van der Waals surface area contributed by atoms with Crippen molar-refractivity contribution >= 4 is 23.6 Å². The number of nitrogens with one attached hydrogen (secondary N) is 2. The molecule has 2 N–H and O–H groups in total. The molecule has 2 amide bonds. The first-order chi connectivity index (χ1) is 17.0. The van der Waals surface area contributed by atoms with Gasteiger partial charge in [-0.25, -0.2) is 8.78 Å². The summed E-state index contributed by atoms with van der Waals surface area (Å²) in [5.74, 6) is -1.63. The molecule has 0 unspecified atom stereocenters. The van der Waals surface area contributed by atoms with Crippen LogP contribution in [0.5, 0.6) is 0 Å². The first-order valence-corrected chi connectivity index (χ1v) is 11.7. The molecule has 0 aliphatic carbocycles. The van der Waals surface area contributed by atoms with Crippen LogP contribution in [0.1, 0.15) is 15.9 Å². The third kappa shape index (κ3) is 6.30. The molecule has 0 fully saturated rings. The number of thioether (sulfide) groups is 1. The van der Waals surface area contributed by atoms with Gasteiger partial charge in [-0.05, 0) is 48.4 Å². The second-order valence-electron chi connectivity index (χ2n) is 7.47. The molecular formula is C25H21F2N5O2S. The Hall–Kier alpha value is -4.05. The first-order valence-electron chi connectivity index (χ1n) is 10.7. The highest BCUT2D eigenvalue weighted by Gasteiger charge is 2.18. The van der Waals surface area contributed by atoms with E-state index >= 15 is 0 Å². The summed E-state index contributed by atoms with van der Waals surface area (Å²) in [6.45, 7) is 0.478. The Morgan fingerprint density at radius 3 is 2.31 bits per heavy atom. The Morgan fingerprint density at radius 2 is 1.57 bits per heavy atom. The molecule has 0 aliphatic rings. The van der Waals surface area contributed by atoms with Crippen molar-refractivity contribution in [2.24, 2.45) is 0 Å². The summed E-state index contributed by atoms with van der Waals surface area (Å²) >= 11 is 1.12. The van der Waals surface area contributed by atoms with Crippen LogP contribution in [0.4, 0.5) is 8.78 Å². The quantitative estimate of drug-likeness (QED) is 0.286. The molecule has 4 aromatic rings. The molecule has 0 radical (unpaired) electrons. The summed E-state index contributed by atoms with van der Waals surface area (Å²) in [4.78, 5) is 24.4. The van der Waals surface area contributed by atoms with Gasteiger partial charge in [0.15, 0.2) is 11.0 Å². The fraction of sp³-hybridized carbons (Fsp3) is 0.120. The number of halogens is 2. The molecule has 10 heteroatoms. The van der Waals surface area contributed by atoms with Gasteiger partial charge in [0, 0.05) is 12.1 Å². The topological polar surface area (TPSA) is 88.9 Å². The van der Waals surface area contributed by atoms with E-state index in [0.29, 0.717) is 29.5 Å². The highest BCUT2D eigenvalue weighted by Crippen LogP contribution is 2.26. The number of hydrazine groups is 1. The van der Waals surface area contributed by atoms with Crippen LogP contribution in [0, 0.1) is 11.6 Å². The predicted molar refractivity (Wildman–Crippen MR) is 128 cm³/mol. The van der Waals surface area contributed by atoms with E-state index in [0.717, 1.165) is 29.5 Å². The van der Waals surface area contributed by atoms with Crippen molar-refractivity contribution in [3.05, 3.63) is 102 Å². The zero-order valence-corrected chi connectivity index (χ0v) is 19.3. The number of amides is 2. The van der Waals surface area contributed by atoms with E-state index < -0.39 is 23.4 Å². The number of carbonyl (C=O) groups is 2. The van der Waals surface area contributed by atoms with Crippen molar-refractivity contribution in [1.29, 1.82) is 0 Å². The molecule has 1 heterocycles. The molecule has 7 nitrogen and oxygen atoms in total. The van der Waals surface area contributed by atoms with Gasteiger partial charge in [-0.1, -0.05) is 54.2 Å². The second-order valence-corrected chi connectivity index (χ2v) is 8.41. The number of rotatable bonds is 8. The molecule has 0 atom stereocenters. The van der Waals surface area contributed by atoms with E-state index in [2.05, 4.69) is 21.0 Å². The second kappa shape index (κ2) is 11.4. The van der Waals surface area contributed by atoms with Crippen molar-refractivity contribution in [1.82, 2.24) is 25.6 Å². The molecule has 0 spiro atoms. The third-order valence-electron chi connectivity index (χ3n) is 5.05. The van der Waals surface area contributed by atoms with Gasteiger partial charge in [0.2, 0.25) is 5.91 Å². The number of carbonyl (C=O) groups excluding carboxylic acids is 2. The van der Waals surface area contributed by atoms with Crippen molar-refractivity contribution < 1.29 is 18.4 Å². The lowest BCUT2D eigenvalue weighted by molar-refractivity contribution is -0.119. The van der Waals surface area contributed by atoms with Crippen LogP contribution < -0.4 is 10.9 Å². The molecule has 0 bridgehead atoms. The maximum atomic E-state index is 14.5. The minimum atomic E-state index is -0.573. The van der Waals surface area contributed by atoms with Crippen LogP contribution in [0.15, 0.2) is 84.0 Å². The third-order valence-corrected chi connectivity index (χ3v) is 6.02. The summed E-state index contributed by atoms with van der Waals surface area (Å²) in [6, 6.07) is 21.1. The monoisotopic (exact) mass is 493 g/mol. The van der Waals surface area contributed by atoms with Crippen molar-refractivity contribution in [3.63, 3.8) is 0 Å². The normalized spacial score (nSPS) is 10.7. The summed E-state index contributed by atoms with van der Waals surface area (Å²) in [5, 5.41) is 8.80. The summed E-state index contributed by atoms with van der Waals surface area (Å²) in [7, 11) is 0. The van der Waals surface area contributed by atoms with Crippen molar-refractivity contribution in [3.8, 4) is 11.4 Å². The zero-order valence-electron chi connectivity index (χ0n) is 18.4. The number of hydrogen-bond donors (Lipinski definition) is 2. The Balaban J connectivity index is 1.43. The standard InChI is InChI=1S/C25H21F2N5O2S/c26-19-12-10-18(11-13-19)24(34)30-28-22(33)16-35-25-31-29-23(20-8-4-5-9-21(20)27)32(25)15-14-17-6-2-1-3-7-17/h1-13H,14-16H2,(H,28,33)(H,30,34). The Labute approximate surface area is 204 Å². The maximum Gasteiger partial charge on any atom is 0.269 e. The number of benzene rings is 3. The number of aromatic nitrogens is 3. The smallest absolute Gasteiger partial charge is 0.269 e. The lowest BCUT2D eigenvalue weighted by Crippen LogP contribution is -2.42. The summed E-state index contributed by atoms with van der Waals surface area (Å²) in [5.41, 5.74) is 6.22. The molecule has 0 saturated heterocycles. The predicted octanol–water partition coefficient (Wildman–Crippen LogP) is 4.02. The average Bonchev–Trinajstić information content (AvgIpc) is 3.28. The summed E-state index contributed by atoms with van der Waals surface area (Å²) in [6.07, 6.45) is 0.661. The van der Waals surface area contributed by atoms with E-state index in [4.69, 9.17) is 0 Å². The fourth-order valence-electron chi connectivity index (χ4n) is 3.29. The Bertz CT molecular complexity index is 1310. The van der Waals surface area contributed by atoms with Gasteiger partial charge in [0.05, 0.1) is 11.3 Å². The minimum Gasteiger partial charge on any atom is -0.302 e. The van der Waals surface area contributed by atoms with Crippen molar-refractivity contribution in [2.75, 3.05) is 5.75 Å². The van der Waals surface area contributed by atoms with Gasteiger partial charge in [-0.15, -0.1) is 10.2 Å². The van der Waals surface area contributed by atoms with Gasteiger partial charge in [0.1, 0.15) is 11.6 Å². The Morgan fingerprint density at radius 1 is 0.857 bits per heavy atom. The van der Waals surface area contributed by atoms with Crippen LogP contribution >= 0.6 is 11.8 Å². The van der Waals surface area contributed by atoms with Crippen LogP contribution in [0.25, 0.3) is 11.4 Å². The maximum absolute atomic E-state index is 14.5. The average molecular weight is 494 g/mol. The lowest BCUT2D eigenvalue weighted by atomic mass is 10.1. The number of hydrogen-bond acceptors (Lipinski definition) is 5. The van der Waals surface area contributed by atoms with E-state index in [1.807, 2.05) is 30.3 Å². The first kappa shape index (κ1) is 24.1. The van der Waals surface area contributed by atoms with E-state index in [1.165, 1.54) is 18.2 Å². The molecule has 1 aromatic heterocycles. The zero-order chi connectivity index (χ0) is 24.6. The van der Waals surface area contributed by atoms with Gasteiger partial charge in [-0.3, -0.25) is 20.4 Å². The van der Waals surface area contributed by atoms with Crippen LogP contribution in [0.3, 0.4) is 0 Å². The van der Waals surface area contributed by atoms with Crippen LogP contribution in [-0.4, -0.2) is 32.3 Å². The van der Waals surface area contributed by atoms with E-state index in [9.17, 15) is 18.4 Å². The van der Waals surface area contributed by atoms with E-state index in [-0.39, 0.29) is 11.3 Å². The molecule has 3 aromatic carbocycles. The van der Waals surface area contributed by atoms with Gasteiger partial charge in [-0.2, -0.15) is 0 Å². The number of aryl methyl sites for hydroxylation is 1. The number of nitrogens with zero attached hydrogens (tertiary/aromatic N) is 3. The molecule has 178 valence electrons.